The minimum atomic E-state index is -2.80. The molecular weight excluding hydrogens is 292 g/mol. The standard InChI is InChI=1S/C16H17F2NOS/c1-11(19-14-8-3-4-9-15(14)21-2)12-6-5-7-13(10-12)20-16(17)18/h3-11,16,19H,1-2H3. The van der Waals surface area contributed by atoms with Gasteiger partial charge in [-0.25, -0.2) is 0 Å². The number of rotatable bonds is 6. The number of nitrogens with one attached hydrogen (secondary N) is 1. The third-order valence-electron chi connectivity index (χ3n) is 3.06. The molecule has 0 amide bonds. The van der Waals surface area contributed by atoms with Crippen LogP contribution >= 0.6 is 11.8 Å². The molecule has 0 bridgehead atoms. The van der Waals surface area contributed by atoms with Gasteiger partial charge in [-0.3, -0.25) is 0 Å². The maximum atomic E-state index is 12.3. The molecule has 112 valence electrons. The van der Waals surface area contributed by atoms with Crippen molar-refractivity contribution in [2.24, 2.45) is 0 Å². The van der Waals surface area contributed by atoms with E-state index in [4.69, 9.17) is 0 Å². The molecule has 2 nitrogen and oxygen atoms in total. The minimum Gasteiger partial charge on any atom is -0.435 e. The summed E-state index contributed by atoms with van der Waals surface area (Å²) in [5, 5.41) is 3.39. The summed E-state index contributed by atoms with van der Waals surface area (Å²) in [7, 11) is 0. The Bertz CT molecular complexity index is 592. The van der Waals surface area contributed by atoms with E-state index < -0.39 is 6.61 Å². The second-order valence-corrected chi connectivity index (χ2v) is 5.37. The number of anilines is 1. The van der Waals surface area contributed by atoms with Gasteiger partial charge in [0.15, 0.2) is 0 Å². The Kier molecular flexibility index (Phi) is 5.44. The Labute approximate surface area is 127 Å². The van der Waals surface area contributed by atoms with Crippen molar-refractivity contribution in [1.29, 1.82) is 0 Å². The molecular formula is C16H17F2NOS. The lowest BCUT2D eigenvalue weighted by Crippen LogP contribution is -2.08. The van der Waals surface area contributed by atoms with Crippen LogP contribution in [0, 0.1) is 0 Å². The molecule has 0 saturated carbocycles. The average molecular weight is 309 g/mol. The molecule has 0 heterocycles. The molecule has 2 aromatic carbocycles. The third kappa shape index (κ3) is 4.36. The summed E-state index contributed by atoms with van der Waals surface area (Å²) in [5.41, 5.74) is 1.92. The monoisotopic (exact) mass is 309 g/mol. The summed E-state index contributed by atoms with van der Waals surface area (Å²) in [6, 6.07) is 14.7. The molecule has 0 aliphatic rings. The molecule has 21 heavy (non-hydrogen) atoms. The van der Waals surface area contributed by atoms with Crippen LogP contribution < -0.4 is 10.1 Å². The summed E-state index contributed by atoms with van der Waals surface area (Å²) in [6.45, 7) is -0.820. The number of alkyl halides is 2. The van der Waals surface area contributed by atoms with E-state index in [1.807, 2.05) is 43.5 Å². The normalized spacial score (nSPS) is 12.2. The van der Waals surface area contributed by atoms with Gasteiger partial charge in [-0.1, -0.05) is 24.3 Å². The van der Waals surface area contributed by atoms with Crippen molar-refractivity contribution >= 4 is 17.4 Å². The maximum absolute atomic E-state index is 12.3. The van der Waals surface area contributed by atoms with Crippen molar-refractivity contribution in [2.75, 3.05) is 11.6 Å². The van der Waals surface area contributed by atoms with E-state index in [0.29, 0.717) is 0 Å². The number of para-hydroxylation sites is 1. The number of hydrogen-bond donors (Lipinski definition) is 1. The van der Waals surface area contributed by atoms with Crippen LogP contribution in [0.15, 0.2) is 53.4 Å². The number of hydrogen-bond acceptors (Lipinski definition) is 3. The summed E-state index contributed by atoms with van der Waals surface area (Å²) >= 11 is 1.66. The molecule has 0 spiro atoms. The predicted octanol–water partition coefficient (Wildman–Crippen LogP) is 5.18. The van der Waals surface area contributed by atoms with Crippen LogP contribution in [0.25, 0.3) is 0 Å². The van der Waals surface area contributed by atoms with Crippen molar-refractivity contribution in [3.8, 4) is 5.75 Å². The van der Waals surface area contributed by atoms with E-state index in [2.05, 4.69) is 10.1 Å². The van der Waals surface area contributed by atoms with E-state index in [9.17, 15) is 8.78 Å². The van der Waals surface area contributed by atoms with E-state index in [-0.39, 0.29) is 11.8 Å². The summed E-state index contributed by atoms with van der Waals surface area (Å²) in [6.07, 6.45) is 2.02. The van der Waals surface area contributed by atoms with Crippen molar-refractivity contribution in [3.05, 3.63) is 54.1 Å². The predicted molar refractivity (Wildman–Crippen MR) is 83.3 cm³/mol. The first-order chi connectivity index (χ1) is 10.1. The van der Waals surface area contributed by atoms with Crippen LogP contribution in [0.1, 0.15) is 18.5 Å². The van der Waals surface area contributed by atoms with Gasteiger partial charge in [-0.2, -0.15) is 8.78 Å². The zero-order valence-electron chi connectivity index (χ0n) is 11.8. The summed E-state index contributed by atoms with van der Waals surface area (Å²) in [4.78, 5) is 1.14. The lowest BCUT2D eigenvalue weighted by atomic mass is 10.1. The molecule has 1 N–H and O–H groups in total. The fraction of sp³-hybridized carbons (Fsp3) is 0.250. The Morgan fingerprint density at radius 3 is 2.57 bits per heavy atom. The van der Waals surface area contributed by atoms with Crippen molar-refractivity contribution in [3.63, 3.8) is 0 Å². The quantitative estimate of drug-likeness (QED) is 0.743. The van der Waals surface area contributed by atoms with Crippen LogP contribution in [0.3, 0.4) is 0 Å². The zero-order chi connectivity index (χ0) is 15.2. The van der Waals surface area contributed by atoms with Gasteiger partial charge in [0.1, 0.15) is 5.75 Å². The molecule has 5 heteroatoms. The second-order valence-electron chi connectivity index (χ2n) is 4.52. The first kappa shape index (κ1) is 15.6. The van der Waals surface area contributed by atoms with Gasteiger partial charge < -0.3 is 10.1 Å². The Morgan fingerprint density at radius 1 is 1.10 bits per heavy atom. The molecule has 0 aromatic heterocycles. The first-order valence-corrected chi connectivity index (χ1v) is 7.77. The van der Waals surface area contributed by atoms with E-state index in [1.165, 1.54) is 6.07 Å². The van der Waals surface area contributed by atoms with Crippen LogP contribution in [0.2, 0.25) is 0 Å². The topological polar surface area (TPSA) is 21.3 Å². The number of ether oxygens (including phenoxy) is 1. The van der Waals surface area contributed by atoms with Crippen LogP contribution in [0.5, 0.6) is 5.75 Å². The molecule has 2 rings (SSSR count). The minimum absolute atomic E-state index is 0.0143. The van der Waals surface area contributed by atoms with Gasteiger partial charge >= 0.3 is 6.61 Å². The summed E-state index contributed by atoms with van der Waals surface area (Å²) < 4.78 is 29.0. The number of halogens is 2. The van der Waals surface area contributed by atoms with Crippen molar-refractivity contribution in [1.82, 2.24) is 0 Å². The lowest BCUT2D eigenvalue weighted by molar-refractivity contribution is -0.0498. The van der Waals surface area contributed by atoms with E-state index in [1.54, 1.807) is 23.9 Å². The maximum Gasteiger partial charge on any atom is 0.387 e. The zero-order valence-corrected chi connectivity index (χ0v) is 12.7. The molecule has 2 aromatic rings. The summed E-state index contributed by atoms with van der Waals surface area (Å²) in [5.74, 6) is 0.175. The number of thioether (sulfide) groups is 1. The van der Waals surface area contributed by atoms with Crippen LogP contribution in [0.4, 0.5) is 14.5 Å². The average Bonchev–Trinajstić information content (AvgIpc) is 2.47. The van der Waals surface area contributed by atoms with Crippen molar-refractivity contribution < 1.29 is 13.5 Å². The smallest absolute Gasteiger partial charge is 0.387 e. The highest BCUT2D eigenvalue weighted by Gasteiger charge is 2.10. The van der Waals surface area contributed by atoms with Gasteiger partial charge in [0.2, 0.25) is 0 Å². The van der Waals surface area contributed by atoms with Gasteiger partial charge in [-0.05, 0) is 43.0 Å². The van der Waals surface area contributed by atoms with E-state index in [0.717, 1.165) is 16.1 Å². The lowest BCUT2D eigenvalue weighted by Gasteiger charge is -2.18. The Balaban J connectivity index is 2.14. The SMILES string of the molecule is CSc1ccccc1NC(C)c1cccc(OC(F)F)c1. The van der Waals surface area contributed by atoms with Gasteiger partial charge in [0.25, 0.3) is 0 Å². The molecule has 1 unspecified atom stereocenters. The first-order valence-electron chi connectivity index (χ1n) is 6.54. The van der Waals surface area contributed by atoms with Crippen LogP contribution in [-0.4, -0.2) is 12.9 Å². The Hall–Kier alpha value is -1.75. The molecule has 0 aliphatic heterocycles. The molecule has 0 aliphatic carbocycles. The second kappa shape index (κ2) is 7.31. The largest absolute Gasteiger partial charge is 0.435 e. The van der Waals surface area contributed by atoms with Crippen molar-refractivity contribution in [2.45, 2.75) is 24.5 Å². The third-order valence-corrected chi connectivity index (χ3v) is 3.86. The van der Waals surface area contributed by atoms with Gasteiger partial charge in [-0.15, -0.1) is 11.8 Å². The molecule has 0 saturated heterocycles. The van der Waals surface area contributed by atoms with Gasteiger partial charge in [0, 0.05) is 16.6 Å². The number of benzene rings is 2. The van der Waals surface area contributed by atoms with Gasteiger partial charge in [0.05, 0.1) is 0 Å². The fourth-order valence-electron chi connectivity index (χ4n) is 2.04. The highest BCUT2D eigenvalue weighted by Crippen LogP contribution is 2.29. The molecule has 0 radical (unpaired) electrons. The molecule has 0 fully saturated rings. The van der Waals surface area contributed by atoms with Crippen LogP contribution in [-0.2, 0) is 0 Å². The fourth-order valence-corrected chi connectivity index (χ4v) is 2.60. The molecule has 1 atom stereocenters. The van der Waals surface area contributed by atoms with E-state index >= 15 is 0 Å². The highest BCUT2D eigenvalue weighted by molar-refractivity contribution is 7.98. The highest BCUT2D eigenvalue weighted by atomic mass is 32.2. The Morgan fingerprint density at radius 2 is 1.86 bits per heavy atom.